The number of para-hydroxylation sites is 3. The third kappa shape index (κ3) is 6.30. The molecule has 7 heteroatoms. The first kappa shape index (κ1) is 27.9. The molecule has 204 valence electrons. The fraction of sp³-hybridized carbons (Fsp3) is 0.344. The Morgan fingerprint density at radius 3 is 2.36 bits per heavy atom. The van der Waals surface area contributed by atoms with Crippen LogP contribution in [0.5, 0.6) is 11.5 Å². The minimum Gasteiger partial charge on any atom is -0.497 e. The number of nitrogens with zero attached hydrogens (tertiary/aromatic N) is 3. The van der Waals surface area contributed by atoms with Crippen molar-refractivity contribution in [1.82, 2.24) is 14.5 Å². The number of amides is 1. The number of rotatable bonds is 11. The number of hydrogen-bond acceptors (Lipinski definition) is 5. The highest BCUT2D eigenvalue weighted by molar-refractivity contribution is 5.80. The van der Waals surface area contributed by atoms with Crippen LogP contribution in [0, 0.1) is 5.92 Å². The second kappa shape index (κ2) is 12.6. The molecule has 1 heterocycles. The van der Waals surface area contributed by atoms with E-state index in [1.165, 1.54) is 0 Å². The van der Waals surface area contributed by atoms with Crippen LogP contribution in [0.25, 0.3) is 16.6 Å². The molecular formula is C32H37N3O4. The summed E-state index contributed by atoms with van der Waals surface area (Å²) in [6, 6.07) is 21.8. The van der Waals surface area contributed by atoms with E-state index in [9.17, 15) is 9.59 Å². The molecule has 3 aromatic carbocycles. The van der Waals surface area contributed by atoms with E-state index in [-0.39, 0.29) is 17.9 Å². The Bertz CT molecular complexity index is 1480. The lowest BCUT2D eigenvalue weighted by molar-refractivity contribution is -0.133. The van der Waals surface area contributed by atoms with Gasteiger partial charge < -0.3 is 14.4 Å². The second-order valence-corrected chi connectivity index (χ2v) is 10.00. The summed E-state index contributed by atoms with van der Waals surface area (Å²) in [6.45, 7) is 9.14. The van der Waals surface area contributed by atoms with Gasteiger partial charge in [0, 0.05) is 6.54 Å². The first-order valence-electron chi connectivity index (χ1n) is 13.5. The van der Waals surface area contributed by atoms with Gasteiger partial charge in [-0.3, -0.25) is 14.2 Å². The van der Waals surface area contributed by atoms with E-state index >= 15 is 0 Å². The number of carbonyl (C=O) groups is 1. The highest BCUT2D eigenvalue weighted by Crippen LogP contribution is 2.29. The van der Waals surface area contributed by atoms with Gasteiger partial charge >= 0.3 is 0 Å². The van der Waals surface area contributed by atoms with Gasteiger partial charge in [-0.2, -0.15) is 0 Å². The number of methoxy groups -OCH3 is 1. The van der Waals surface area contributed by atoms with Crippen molar-refractivity contribution in [2.45, 2.75) is 46.6 Å². The quantitative estimate of drug-likeness (QED) is 0.240. The van der Waals surface area contributed by atoms with Gasteiger partial charge in [-0.25, -0.2) is 4.98 Å². The summed E-state index contributed by atoms with van der Waals surface area (Å²) in [5.74, 6) is 2.21. The predicted molar refractivity (Wildman–Crippen MR) is 155 cm³/mol. The Kier molecular flexibility index (Phi) is 9.02. The van der Waals surface area contributed by atoms with Crippen LogP contribution in [-0.2, 0) is 11.2 Å². The predicted octanol–water partition coefficient (Wildman–Crippen LogP) is 5.97. The molecule has 0 aliphatic heterocycles. The van der Waals surface area contributed by atoms with Crippen LogP contribution < -0.4 is 15.0 Å². The Balaban J connectivity index is 1.83. The lowest BCUT2D eigenvalue weighted by atomic mass is 10.1. The van der Waals surface area contributed by atoms with Gasteiger partial charge in [0.05, 0.1) is 42.8 Å². The van der Waals surface area contributed by atoms with Gasteiger partial charge in [0.25, 0.3) is 5.56 Å². The highest BCUT2D eigenvalue weighted by Gasteiger charge is 2.28. The van der Waals surface area contributed by atoms with E-state index in [1.54, 1.807) is 17.7 Å². The monoisotopic (exact) mass is 527 g/mol. The van der Waals surface area contributed by atoms with E-state index in [0.717, 1.165) is 17.7 Å². The molecular weight excluding hydrogens is 490 g/mol. The van der Waals surface area contributed by atoms with Crippen LogP contribution in [-0.4, -0.2) is 40.6 Å². The molecule has 0 radical (unpaired) electrons. The summed E-state index contributed by atoms with van der Waals surface area (Å²) in [5.41, 5.74) is 1.91. The number of ether oxygens (including phenoxy) is 2. The smallest absolute Gasteiger partial charge is 0.266 e. The first-order valence-corrected chi connectivity index (χ1v) is 13.5. The van der Waals surface area contributed by atoms with Crippen molar-refractivity contribution in [1.29, 1.82) is 0 Å². The molecule has 4 rings (SSSR count). The number of hydrogen-bond donors (Lipinski definition) is 0. The zero-order valence-electron chi connectivity index (χ0n) is 23.4. The zero-order valence-corrected chi connectivity index (χ0v) is 23.4. The summed E-state index contributed by atoms with van der Waals surface area (Å²) in [4.78, 5) is 34.6. The summed E-state index contributed by atoms with van der Waals surface area (Å²) < 4.78 is 12.8. The molecule has 0 N–H and O–H groups in total. The zero-order chi connectivity index (χ0) is 27.9. The van der Waals surface area contributed by atoms with Crippen molar-refractivity contribution >= 4 is 16.8 Å². The number of aromatic nitrogens is 2. The minimum atomic E-state index is -0.471. The molecule has 4 aromatic rings. The maximum Gasteiger partial charge on any atom is 0.266 e. The second-order valence-electron chi connectivity index (χ2n) is 10.00. The van der Waals surface area contributed by atoms with E-state index in [2.05, 4.69) is 13.8 Å². The molecule has 7 nitrogen and oxygen atoms in total. The van der Waals surface area contributed by atoms with Crippen molar-refractivity contribution in [2.24, 2.45) is 5.92 Å². The number of fused-ring (bicyclic) bond motifs is 1. The molecule has 0 aliphatic carbocycles. The van der Waals surface area contributed by atoms with Crippen LogP contribution in [0.2, 0.25) is 0 Å². The van der Waals surface area contributed by atoms with Crippen molar-refractivity contribution in [3.05, 3.63) is 94.5 Å². The lowest BCUT2D eigenvalue weighted by Crippen LogP contribution is -2.39. The minimum absolute atomic E-state index is 0.0274. The topological polar surface area (TPSA) is 73.7 Å². The first-order chi connectivity index (χ1) is 18.8. The van der Waals surface area contributed by atoms with Crippen LogP contribution >= 0.6 is 0 Å². The van der Waals surface area contributed by atoms with Crippen LogP contribution in [0.3, 0.4) is 0 Å². The Morgan fingerprint density at radius 2 is 1.67 bits per heavy atom. The standard InChI is InChI=1S/C32H37N3O4/c1-6-39-29-14-10-9-13-28(29)35-31(33-27-12-8-7-11-26(27)32(35)37)23(4)34(20-19-22(2)3)30(36)21-24-15-17-25(38-5)18-16-24/h7-18,22-23H,6,19-21H2,1-5H3. The van der Waals surface area contributed by atoms with Gasteiger partial charge in [0.2, 0.25) is 5.91 Å². The van der Waals surface area contributed by atoms with Crippen LogP contribution in [0.15, 0.2) is 77.6 Å². The molecule has 0 bridgehead atoms. The third-order valence-corrected chi connectivity index (χ3v) is 6.83. The highest BCUT2D eigenvalue weighted by atomic mass is 16.5. The molecule has 0 saturated carbocycles. The Hall–Kier alpha value is -4.13. The molecule has 1 atom stereocenters. The Morgan fingerprint density at radius 1 is 0.974 bits per heavy atom. The van der Waals surface area contributed by atoms with Crippen molar-refractivity contribution < 1.29 is 14.3 Å². The summed E-state index contributed by atoms with van der Waals surface area (Å²) in [7, 11) is 1.62. The van der Waals surface area contributed by atoms with Crippen molar-refractivity contribution in [3.8, 4) is 17.2 Å². The lowest BCUT2D eigenvalue weighted by Gasteiger charge is -2.31. The summed E-state index contributed by atoms with van der Waals surface area (Å²) in [5, 5.41) is 0.512. The van der Waals surface area contributed by atoms with Crippen molar-refractivity contribution in [2.75, 3.05) is 20.3 Å². The molecule has 0 saturated heterocycles. The van der Waals surface area contributed by atoms with Crippen LogP contribution in [0.1, 0.15) is 51.5 Å². The Labute approximate surface area is 230 Å². The molecule has 0 aliphatic rings. The van der Waals surface area contributed by atoms with Gasteiger partial charge in [-0.05, 0) is 68.1 Å². The molecule has 39 heavy (non-hydrogen) atoms. The van der Waals surface area contributed by atoms with E-state index < -0.39 is 6.04 Å². The normalized spacial score (nSPS) is 11.9. The average molecular weight is 528 g/mol. The summed E-state index contributed by atoms with van der Waals surface area (Å²) >= 11 is 0. The van der Waals surface area contributed by atoms with Crippen LogP contribution in [0.4, 0.5) is 0 Å². The van der Waals surface area contributed by atoms with E-state index in [1.807, 2.05) is 85.5 Å². The third-order valence-electron chi connectivity index (χ3n) is 6.83. The molecule has 1 aromatic heterocycles. The van der Waals surface area contributed by atoms with Gasteiger partial charge in [-0.1, -0.05) is 50.2 Å². The maximum atomic E-state index is 14.0. The summed E-state index contributed by atoms with van der Waals surface area (Å²) in [6.07, 6.45) is 1.06. The molecule has 0 spiro atoms. The van der Waals surface area contributed by atoms with Gasteiger partial charge in [0.15, 0.2) is 0 Å². The number of benzene rings is 3. The van der Waals surface area contributed by atoms with Gasteiger partial charge in [0.1, 0.15) is 17.3 Å². The molecule has 1 amide bonds. The number of carbonyl (C=O) groups excluding carboxylic acids is 1. The molecule has 0 fully saturated rings. The molecule has 1 unspecified atom stereocenters. The fourth-order valence-corrected chi connectivity index (χ4v) is 4.67. The van der Waals surface area contributed by atoms with Crippen molar-refractivity contribution in [3.63, 3.8) is 0 Å². The van der Waals surface area contributed by atoms with E-state index in [4.69, 9.17) is 14.5 Å². The SMILES string of the molecule is CCOc1ccccc1-n1c(C(C)N(CCC(C)C)C(=O)Cc2ccc(OC)cc2)nc2ccccc2c1=O. The average Bonchev–Trinajstić information content (AvgIpc) is 2.94. The van der Waals surface area contributed by atoms with Gasteiger partial charge in [-0.15, -0.1) is 0 Å². The largest absolute Gasteiger partial charge is 0.497 e. The maximum absolute atomic E-state index is 14.0. The van der Waals surface area contributed by atoms with E-state index in [0.29, 0.717) is 47.2 Å². The fourth-order valence-electron chi connectivity index (χ4n) is 4.67.